The van der Waals surface area contributed by atoms with Gasteiger partial charge in [0.05, 0.1) is 5.69 Å². The molecule has 1 saturated carbocycles. The summed E-state index contributed by atoms with van der Waals surface area (Å²) < 4.78 is 42.1. The number of alkyl halides is 3. The third kappa shape index (κ3) is 6.51. The molecule has 3 aromatic rings. The number of aryl methyl sites for hydroxylation is 1. The third-order valence-electron chi connectivity index (χ3n) is 5.46. The molecule has 174 valence electrons. The van der Waals surface area contributed by atoms with E-state index in [0.29, 0.717) is 28.0 Å². The van der Waals surface area contributed by atoms with Crippen molar-refractivity contribution >= 4 is 29.1 Å². The first kappa shape index (κ1) is 23.2. The normalized spacial score (nSPS) is 14.7. The van der Waals surface area contributed by atoms with E-state index < -0.39 is 6.36 Å². The van der Waals surface area contributed by atoms with Crippen LogP contribution in [0.5, 0.6) is 5.75 Å². The molecule has 0 spiro atoms. The highest BCUT2D eigenvalue weighted by Gasteiger charge is 2.31. The molecule has 1 aromatic heterocycles. The third-order valence-corrected chi connectivity index (χ3v) is 5.88. The molecular weight excluding hydrogens is 453 g/mol. The molecule has 1 heterocycles. The van der Waals surface area contributed by atoms with Crippen molar-refractivity contribution in [1.29, 1.82) is 0 Å². The number of nitrogens with one attached hydrogen (secondary N) is 2. The number of aromatic nitrogens is 2. The standard InChI is InChI=1S/C24H24ClF3N4O/c1-15-12-18(10-11-20(15)25)29-22-14-21(16-6-5-9-19(13-16)33-24(26,27)28)31-23(32-22)30-17-7-3-2-4-8-17/h5-6,9-14,17H,2-4,7-8H2,1H3,(H2,29,30,31,32). The zero-order valence-corrected chi connectivity index (χ0v) is 18.8. The zero-order chi connectivity index (χ0) is 23.4. The van der Waals surface area contributed by atoms with Crippen molar-refractivity contribution in [3.63, 3.8) is 0 Å². The Bertz CT molecular complexity index is 1120. The van der Waals surface area contributed by atoms with Crippen molar-refractivity contribution in [1.82, 2.24) is 9.97 Å². The van der Waals surface area contributed by atoms with E-state index in [9.17, 15) is 13.2 Å². The van der Waals surface area contributed by atoms with Crippen LogP contribution in [0.15, 0.2) is 48.5 Å². The highest BCUT2D eigenvalue weighted by molar-refractivity contribution is 6.31. The lowest BCUT2D eigenvalue weighted by atomic mass is 9.96. The molecule has 1 aliphatic carbocycles. The molecule has 5 nitrogen and oxygen atoms in total. The molecule has 4 rings (SSSR count). The summed E-state index contributed by atoms with van der Waals surface area (Å²) in [6, 6.07) is 13.3. The second-order valence-electron chi connectivity index (χ2n) is 8.11. The van der Waals surface area contributed by atoms with E-state index in [1.165, 1.54) is 24.6 Å². The zero-order valence-electron chi connectivity index (χ0n) is 18.0. The highest BCUT2D eigenvalue weighted by atomic mass is 35.5. The molecule has 0 saturated heterocycles. The SMILES string of the molecule is Cc1cc(Nc2cc(-c3cccc(OC(F)(F)F)c3)nc(NC3CCCCC3)n2)ccc1Cl. The second-order valence-corrected chi connectivity index (χ2v) is 8.51. The summed E-state index contributed by atoms with van der Waals surface area (Å²) in [4.78, 5) is 9.19. The fraction of sp³-hybridized carbons (Fsp3) is 0.333. The Hall–Kier alpha value is -3.00. The van der Waals surface area contributed by atoms with Crippen molar-refractivity contribution in [2.75, 3.05) is 10.6 Å². The van der Waals surface area contributed by atoms with Gasteiger partial charge in [-0.3, -0.25) is 0 Å². The summed E-state index contributed by atoms with van der Waals surface area (Å²) in [5, 5.41) is 7.31. The van der Waals surface area contributed by atoms with E-state index in [-0.39, 0.29) is 11.8 Å². The Labute approximate surface area is 195 Å². The summed E-state index contributed by atoms with van der Waals surface area (Å²) in [5.41, 5.74) is 2.66. The van der Waals surface area contributed by atoms with Gasteiger partial charge < -0.3 is 15.4 Å². The first-order valence-corrected chi connectivity index (χ1v) is 11.2. The lowest BCUT2D eigenvalue weighted by Crippen LogP contribution is -2.23. The van der Waals surface area contributed by atoms with Crippen LogP contribution in [0.1, 0.15) is 37.7 Å². The number of benzene rings is 2. The predicted octanol–water partition coefficient (Wildman–Crippen LogP) is 7.49. The molecule has 0 atom stereocenters. The smallest absolute Gasteiger partial charge is 0.406 e. The van der Waals surface area contributed by atoms with Gasteiger partial charge >= 0.3 is 6.36 Å². The minimum Gasteiger partial charge on any atom is -0.406 e. The van der Waals surface area contributed by atoms with Crippen LogP contribution in [-0.4, -0.2) is 22.4 Å². The van der Waals surface area contributed by atoms with Crippen LogP contribution in [0.25, 0.3) is 11.3 Å². The second kappa shape index (κ2) is 9.87. The maximum absolute atomic E-state index is 12.7. The lowest BCUT2D eigenvalue weighted by molar-refractivity contribution is -0.274. The van der Waals surface area contributed by atoms with Gasteiger partial charge in [0.1, 0.15) is 11.6 Å². The number of rotatable bonds is 6. The van der Waals surface area contributed by atoms with Gasteiger partial charge in [-0.05, 0) is 55.7 Å². The first-order chi connectivity index (χ1) is 15.7. The molecule has 0 unspecified atom stereocenters. The van der Waals surface area contributed by atoms with Gasteiger partial charge in [0.25, 0.3) is 0 Å². The van der Waals surface area contributed by atoms with Gasteiger partial charge in [0.15, 0.2) is 0 Å². The molecule has 2 N–H and O–H groups in total. The average molecular weight is 477 g/mol. The van der Waals surface area contributed by atoms with E-state index in [1.54, 1.807) is 18.2 Å². The quantitative estimate of drug-likeness (QED) is 0.386. The van der Waals surface area contributed by atoms with Crippen LogP contribution < -0.4 is 15.4 Å². The predicted molar refractivity (Wildman–Crippen MR) is 124 cm³/mol. The maximum atomic E-state index is 12.7. The fourth-order valence-electron chi connectivity index (χ4n) is 3.88. The molecule has 0 radical (unpaired) electrons. The van der Waals surface area contributed by atoms with Crippen LogP contribution in [0.2, 0.25) is 5.02 Å². The molecule has 2 aromatic carbocycles. The van der Waals surface area contributed by atoms with Crippen LogP contribution in [0.3, 0.4) is 0 Å². The Morgan fingerprint density at radius 3 is 2.52 bits per heavy atom. The van der Waals surface area contributed by atoms with Crippen molar-refractivity contribution in [2.24, 2.45) is 0 Å². The Kier molecular flexibility index (Phi) is 6.93. The largest absolute Gasteiger partial charge is 0.573 e. The van der Waals surface area contributed by atoms with Gasteiger partial charge in [-0.15, -0.1) is 13.2 Å². The molecule has 1 aliphatic rings. The van der Waals surface area contributed by atoms with Gasteiger partial charge in [0.2, 0.25) is 5.95 Å². The van der Waals surface area contributed by atoms with Crippen LogP contribution in [-0.2, 0) is 0 Å². The van der Waals surface area contributed by atoms with Crippen molar-refractivity contribution in [3.05, 3.63) is 59.1 Å². The molecule has 0 aliphatic heterocycles. The summed E-state index contributed by atoms with van der Waals surface area (Å²) in [7, 11) is 0. The Morgan fingerprint density at radius 1 is 1.00 bits per heavy atom. The molecule has 1 fully saturated rings. The van der Waals surface area contributed by atoms with E-state index in [2.05, 4.69) is 25.3 Å². The monoisotopic (exact) mass is 476 g/mol. The summed E-state index contributed by atoms with van der Waals surface area (Å²) >= 11 is 6.13. The van der Waals surface area contributed by atoms with Crippen LogP contribution in [0, 0.1) is 6.92 Å². The van der Waals surface area contributed by atoms with E-state index >= 15 is 0 Å². The average Bonchev–Trinajstić information content (AvgIpc) is 2.76. The topological polar surface area (TPSA) is 59.1 Å². The van der Waals surface area contributed by atoms with Crippen LogP contribution in [0.4, 0.5) is 30.6 Å². The first-order valence-electron chi connectivity index (χ1n) is 10.8. The van der Waals surface area contributed by atoms with Gasteiger partial charge in [-0.25, -0.2) is 4.98 Å². The van der Waals surface area contributed by atoms with Gasteiger partial charge in [-0.1, -0.05) is 43.0 Å². The molecule has 9 heteroatoms. The van der Waals surface area contributed by atoms with Crippen LogP contribution >= 0.6 is 11.6 Å². The summed E-state index contributed by atoms with van der Waals surface area (Å²) in [6.45, 7) is 1.90. The summed E-state index contributed by atoms with van der Waals surface area (Å²) in [5.74, 6) is 0.639. The van der Waals surface area contributed by atoms with Gasteiger partial charge in [-0.2, -0.15) is 4.98 Å². The minimum absolute atomic E-state index is 0.263. The van der Waals surface area contributed by atoms with Crippen molar-refractivity contribution in [3.8, 4) is 17.0 Å². The van der Waals surface area contributed by atoms with Crippen molar-refractivity contribution < 1.29 is 17.9 Å². The number of hydrogen-bond acceptors (Lipinski definition) is 5. The maximum Gasteiger partial charge on any atom is 0.573 e. The van der Waals surface area contributed by atoms with Crippen molar-refractivity contribution in [2.45, 2.75) is 51.4 Å². The highest BCUT2D eigenvalue weighted by Crippen LogP contribution is 2.30. The number of halogens is 4. The minimum atomic E-state index is -4.77. The molecular formula is C24H24ClF3N4O. The number of anilines is 3. The number of ether oxygens (including phenoxy) is 1. The number of nitrogens with zero attached hydrogens (tertiary/aromatic N) is 2. The van der Waals surface area contributed by atoms with Gasteiger partial charge in [0, 0.05) is 28.4 Å². The Morgan fingerprint density at radius 2 is 1.79 bits per heavy atom. The molecule has 33 heavy (non-hydrogen) atoms. The van der Waals surface area contributed by atoms with E-state index in [4.69, 9.17) is 11.6 Å². The lowest BCUT2D eigenvalue weighted by Gasteiger charge is -2.23. The summed E-state index contributed by atoms with van der Waals surface area (Å²) in [6.07, 6.45) is 0.793. The molecule has 0 amide bonds. The fourth-order valence-corrected chi connectivity index (χ4v) is 3.99. The van der Waals surface area contributed by atoms with E-state index in [1.807, 2.05) is 19.1 Å². The Balaban J connectivity index is 1.67. The molecule has 0 bridgehead atoms. The van der Waals surface area contributed by atoms with E-state index in [0.717, 1.165) is 36.9 Å². The number of hydrogen-bond donors (Lipinski definition) is 2.